The van der Waals surface area contributed by atoms with Gasteiger partial charge in [0, 0.05) is 18.0 Å². The van der Waals surface area contributed by atoms with E-state index in [2.05, 4.69) is 15.5 Å². The van der Waals surface area contributed by atoms with Crippen molar-refractivity contribution in [1.82, 2.24) is 15.5 Å². The van der Waals surface area contributed by atoms with Gasteiger partial charge in [-0.2, -0.15) is 5.10 Å². The molecule has 2 heterocycles. The lowest BCUT2D eigenvalue weighted by Gasteiger charge is -2.21. The zero-order valence-corrected chi connectivity index (χ0v) is 8.26. The molecular formula is C9H13N3S. The topological polar surface area (TPSA) is 37.8 Å². The number of piperidine rings is 1. The van der Waals surface area contributed by atoms with Gasteiger partial charge in [0.1, 0.15) is 5.03 Å². The highest BCUT2D eigenvalue weighted by molar-refractivity contribution is 7.99. The van der Waals surface area contributed by atoms with E-state index in [1.54, 1.807) is 6.20 Å². The van der Waals surface area contributed by atoms with E-state index >= 15 is 0 Å². The maximum absolute atomic E-state index is 4.06. The van der Waals surface area contributed by atoms with Crippen LogP contribution in [0.1, 0.15) is 12.8 Å². The Hall–Kier alpha value is -0.610. The van der Waals surface area contributed by atoms with Crippen molar-refractivity contribution in [2.75, 3.05) is 13.1 Å². The molecule has 1 aliphatic heterocycles. The molecular weight excluding hydrogens is 182 g/mol. The molecule has 0 aliphatic carbocycles. The van der Waals surface area contributed by atoms with Crippen molar-refractivity contribution < 1.29 is 0 Å². The first-order chi connectivity index (χ1) is 6.45. The molecule has 1 aromatic heterocycles. The maximum atomic E-state index is 4.06. The second kappa shape index (κ2) is 4.58. The highest BCUT2D eigenvalue weighted by Crippen LogP contribution is 2.24. The van der Waals surface area contributed by atoms with Crippen molar-refractivity contribution >= 4 is 11.8 Å². The molecule has 0 spiro atoms. The van der Waals surface area contributed by atoms with E-state index in [0.717, 1.165) is 18.1 Å². The normalized spacial score (nSPS) is 22.9. The van der Waals surface area contributed by atoms with E-state index in [-0.39, 0.29) is 0 Å². The van der Waals surface area contributed by atoms with Crippen LogP contribution in [0.15, 0.2) is 23.4 Å². The Labute approximate surface area is 82.3 Å². The molecule has 2 rings (SSSR count). The summed E-state index contributed by atoms with van der Waals surface area (Å²) in [6.07, 6.45) is 4.27. The Morgan fingerprint density at radius 2 is 2.54 bits per heavy atom. The minimum atomic E-state index is 0.672. The molecule has 3 nitrogen and oxygen atoms in total. The predicted octanol–water partition coefficient (Wildman–Crippen LogP) is 1.32. The minimum Gasteiger partial charge on any atom is -0.316 e. The van der Waals surface area contributed by atoms with Gasteiger partial charge in [0.15, 0.2) is 0 Å². The minimum absolute atomic E-state index is 0.672. The summed E-state index contributed by atoms with van der Waals surface area (Å²) in [4.78, 5) is 0. The number of hydrogen-bond acceptors (Lipinski definition) is 4. The second-order valence-electron chi connectivity index (χ2n) is 3.15. The van der Waals surface area contributed by atoms with E-state index in [1.165, 1.54) is 12.8 Å². The highest BCUT2D eigenvalue weighted by atomic mass is 32.2. The fraction of sp³-hybridized carbons (Fsp3) is 0.556. The fourth-order valence-corrected chi connectivity index (χ4v) is 2.52. The van der Waals surface area contributed by atoms with Crippen LogP contribution in [-0.2, 0) is 0 Å². The van der Waals surface area contributed by atoms with E-state index in [1.807, 2.05) is 23.9 Å². The van der Waals surface area contributed by atoms with Crippen LogP contribution in [0.2, 0.25) is 0 Å². The van der Waals surface area contributed by atoms with Crippen molar-refractivity contribution in [2.45, 2.75) is 23.1 Å². The lowest BCUT2D eigenvalue weighted by Crippen LogP contribution is -2.31. The van der Waals surface area contributed by atoms with Crippen LogP contribution >= 0.6 is 11.8 Å². The van der Waals surface area contributed by atoms with Gasteiger partial charge in [0.25, 0.3) is 0 Å². The van der Waals surface area contributed by atoms with E-state index < -0.39 is 0 Å². The molecule has 0 radical (unpaired) electrons. The number of aromatic nitrogens is 2. The molecule has 1 atom stereocenters. The molecule has 1 aromatic rings. The van der Waals surface area contributed by atoms with Crippen LogP contribution in [0, 0.1) is 0 Å². The molecule has 1 fully saturated rings. The van der Waals surface area contributed by atoms with Gasteiger partial charge in [0.2, 0.25) is 0 Å². The SMILES string of the molecule is c1cnnc(SC2CCCNC2)c1. The third kappa shape index (κ3) is 2.67. The van der Waals surface area contributed by atoms with Gasteiger partial charge in [-0.3, -0.25) is 0 Å². The Balaban J connectivity index is 1.90. The van der Waals surface area contributed by atoms with Crippen LogP contribution in [-0.4, -0.2) is 28.5 Å². The number of nitrogens with one attached hydrogen (secondary N) is 1. The van der Waals surface area contributed by atoms with E-state index in [4.69, 9.17) is 0 Å². The molecule has 70 valence electrons. The average Bonchev–Trinajstić information content (AvgIpc) is 2.21. The summed E-state index contributed by atoms with van der Waals surface area (Å²) in [5.74, 6) is 0. The smallest absolute Gasteiger partial charge is 0.119 e. The molecule has 0 saturated carbocycles. The van der Waals surface area contributed by atoms with Crippen molar-refractivity contribution in [2.24, 2.45) is 0 Å². The van der Waals surface area contributed by atoms with Gasteiger partial charge < -0.3 is 5.32 Å². The number of hydrogen-bond donors (Lipinski definition) is 1. The van der Waals surface area contributed by atoms with E-state index in [9.17, 15) is 0 Å². The predicted molar refractivity (Wildman–Crippen MR) is 53.8 cm³/mol. The van der Waals surface area contributed by atoms with Crippen LogP contribution in [0.3, 0.4) is 0 Å². The second-order valence-corrected chi connectivity index (χ2v) is 4.47. The molecule has 1 unspecified atom stereocenters. The summed E-state index contributed by atoms with van der Waals surface area (Å²) < 4.78 is 0. The van der Waals surface area contributed by atoms with Crippen LogP contribution in [0.25, 0.3) is 0 Å². The monoisotopic (exact) mass is 195 g/mol. The average molecular weight is 195 g/mol. The maximum Gasteiger partial charge on any atom is 0.119 e. The molecule has 4 heteroatoms. The van der Waals surface area contributed by atoms with Gasteiger partial charge in [-0.05, 0) is 31.5 Å². The van der Waals surface area contributed by atoms with Crippen LogP contribution in [0.4, 0.5) is 0 Å². The van der Waals surface area contributed by atoms with Crippen LogP contribution < -0.4 is 5.32 Å². The largest absolute Gasteiger partial charge is 0.316 e. The Morgan fingerprint density at radius 3 is 3.23 bits per heavy atom. The van der Waals surface area contributed by atoms with E-state index in [0.29, 0.717) is 5.25 Å². The highest BCUT2D eigenvalue weighted by Gasteiger charge is 2.14. The molecule has 1 saturated heterocycles. The van der Waals surface area contributed by atoms with Gasteiger partial charge in [-0.15, -0.1) is 5.10 Å². The standard InChI is InChI=1S/C9H13N3S/c1-3-8(7-10-5-1)13-9-4-2-6-11-12-9/h2,4,6,8,10H,1,3,5,7H2. The van der Waals surface area contributed by atoms with Crippen molar-refractivity contribution in [1.29, 1.82) is 0 Å². The molecule has 0 aromatic carbocycles. The summed E-state index contributed by atoms with van der Waals surface area (Å²) >= 11 is 1.83. The lowest BCUT2D eigenvalue weighted by molar-refractivity contribution is 0.531. The van der Waals surface area contributed by atoms with Crippen molar-refractivity contribution in [3.63, 3.8) is 0 Å². The molecule has 0 amide bonds. The van der Waals surface area contributed by atoms with Crippen molar-refractivity contribution in [3.8, 4) is 0 Å². The Bertz CT molecular complexity index is 246. The molecule has 13 heavy (non-hydrogen) atoms. The molecule has 0 bridgehead atoms. The first kappa shape index (κ1) is 8.97. The lowest BCUT2D eigenvalue weighted by atomic mass is 10.2. The zero-order chi connectivity index (χ0) is 8.93. The quantitative estimate of drug-likeness (QED) is 0.772. The van der Waals surface area contributed by atoms with Gasteiger partial charge >= 0.3 is 0 Å². The third-order valence-corrected chi connectivity index (χ3v) is 3.28. The summed E-state index contributed by atoms with van der Waals surface area (Å²) in [5, 5.41) is 13.0. The summed E-state index contributed by atoms with van der Waals surface area (Å²) in [7, 11) is 0. The summed E-state index contributed by atoms with van der Waals surface area (Å²) in [6, 6.07) is 3.96. The fourth-order valence-electron chi connectivity index (χ4n) is 1.44. The summed E-state index contributed by atoms with van der Waals surface area (Å²) in [5.41, 5.74) is 0. The van der Waals surface area contributed by atoms with Crippen molar-refractivity contribution in [3.05, 3.63) is 18.3 Å². The Morgan fingerprint density at radius 1 is 1.54 bits per heavy atom. The number of nitrogens with zero attached hydrogens (tertiary/aromatic N) is 2. The Kier molecular flexibility index (Phi) is 3.16. The number of thioether (sulfide) groups is 1. The summed E-state index contributed by atoms with van der Waals surface area (Å²) in [6.45, 7) is 2.26. The molecule has 1 aliphatic rings. The third-order valence-electron chi connectivity index (χ3n) is 2.09. The first-order valence-electron chi connectivity index (χ1n) is 4.60. The first-order valence-corrected chi connectivity index (χ1v) is 5.48. The number of rotatable bonds is 2. The molecule has 1 N–H and O–H groups in total. The zero-order valence-electron chi connectivity index (χ0n) is 7.44. The van der Waals surface area contributed by atoms with Gasteiger partial charge in [-0.25, -0.2) is 0 Å². The van der Waals surface area contributed by atoms with Gasteiger partial charge in [-0.1, -0.05) is 11.8 Å². The van der Waals surface area contributed by atoms with Crippen LogP contribution in [0.5, 0.6) is 0 Å². The van der Waals surface area contributed by atoms with Gasteiger partial charge in [0.05, 0.1) is 0 Å².